The summed E-state index contributed by atoms with van der Waals surface area (Å²) < 4.78 is 0. The van der Waals surface area contributed by atoms with Crippen LogP contribution < -0.4 is 5.32 Å². The third kappa shape index (κ3) is 5.09. The van der Waals surface area contributed by atoms with Gasteiger partial charge in [-0.05, 0) is 12.5 Å². The number of nitrogens with one attached hydrogen (secondary N) is 1. The topological polar surface area (TPSA) is 104 Å². The fourth-order valence-corrected chi connectivity index (χ4v) is 1.81. The van der Waals surface area contributed by atoms with Crippen molar-refractivity contribution in [1.29, 1.82) is 0 Å². The first-order valence-corrected chi connectivity index (χ1v) is 6.19. The Morgan fingerprint density at radius 2 is 1.70 bits per heavy atom. The van der Waals surface area contributed by atoms with Crippen LogP contribution in [0.1, 0.15) is 31.4 Å². The van der Waals surface area contributed by atoms with E-state index in [1.54, 1.807) is 6.92 Å². The second kappa shape index (κ2) is 7.28. The van der Waals surface area contributed by atoms with Gasteiger partial charge in [-0.2, -0.15) is 0 Å². The zero-order chi connectivity index (χ0) is 15.1. The number of hydrogen-bond donors (Lipinski definition) is 3. The van der Waals surface area contributed by atoms with E-state index in [4.69, 9.17) is 10.2 Å². The molecular weight excluding hydrogens is 262 g/mol. The summed E-state index contributed by atoms with van der Waals surface area (Å²) in [4.78, 5) is 33.2. The smallest absolute Gasteiger partial charge is 0.307 e. The van der Waals surface area contributed by atoms with E-state index in [-0.39, 0.29) is 12.5 Å². The van der Waals surface area contributed by atoms with Crippen LogP contribution in [0.15, 0.2) is 30.3 Å². The molecule has 6 heteroatoms. The standard InChI is InChI=1S/C14H17NO5/c1-9(10-5-3-2-4-6-10)15-12(16)7-11(14(19)20)8-13(17)18/h2-6,9,11H,7-8H2,1H3,(H,15,16)(H,17,18)(H,19,20). The maximum atomic E-state index is 11.8. The van der Waals surface area contributed by atoms with Gasteiger partial charge in [0.25, 0.3) is 0 Å². The van der Waals surface area contributed by atoms with Crippen molar-refractivity contribution in [1.82, 2.24) is 5.32 Å². The van der Waals surface area contributed by atoms with Gasteiger partial charge in [0.05, 0.1) is 18.4 Å². The molecular formula is C14H17NO5. The normalized spacial score (nSPS) is 13.2. The highest BCUT2D eigenvalue weighted by molar-refractivity contribution is 5.85. The molecule has 0 aliphatic carbocycles. The average molecular weight is 279 g/mol. The van der Waals surface area contributed by atoms with Crippen LogP contribution in [-0.2, 0) is 14.4 Å². The molecule has 1 aromatic carbocycles. The van der Waals surface area contributed by atoms with Crippen LogP contribution in [-0.4, -0.2) is 28.1 Å². The lowest BCUT2D eigenvalue weighted by Crippen LogP contribution is -2.31. The predicted molar refractivity (Wildman–Crippen MR) is 71.0 cm³/mol. The van der Waals surface area contributed by atoms with Crippen molar-refractivity contribution in [2.45, 2.75) is 25.8 Å². The summed E-state index contributed by atoms with van der Waals surface area (Å²) in [6, 6.07) is 8.95. The number of carbonyl (C=O) groups excluding carboxylic acids is 1. The first-order chi connectivity index (χ1) is 9.40. The van der Waals surface area contributed by atoms with Crippen LogP contribution in [0.25, 0.3) is 0 Å². The molecule has 0 fully saturated rings. The van der Waals surface area contributed by atoms with Crippen molar-refractivity contribution in [2.24, 2.45) is 5.92 Å². The lowest BCUT2D eigenvalue weighted by Gasteiger charge is -2.16. The number of aliphatic carboxylic acids is 2. The fourth-order valence-electron chi connectivity index (χ4n) is 1.81. The van der Waals surface area contributed by atoms with Gasteiger partial charge in [0.2, 0.25) is 5.91 Å². The predicted octanol–water partition coefficient (Wildman–Crippen LogP) is 1.43. The summed E-state index contributed by atoms with van der Waals surface area (Å²) in [5, 5.41) is 20.1. The number of hydrogen-bond acceptors (Lipinski definition) is 3. The summed E-state index contributed by atoms with van der Waals surface area (Å²) in [7, 11) is 0. The Labute approximate surface area is 116 Å². The van der Waals surface area contributed by atoms with Crippen molar-refractivity contribution in [3.05, 3.63) is 35.9 Å². The van der Waals surface area contributed by atoms with Gasteiger partial charge in [-0.1, -0.05) is 30.3 Å². The molecule has 0 saturated carbocycles. The van der Waals surface area contributed by atoms with E-state index in [2.05, 4.69) is 5.32 Å². The molecule has 20 heavy (non-hydrogen) atoms. The zero-order valence-electron chi connectivity index (χ0n) is 11.1. The van der Waals surface area contributed by atoms with E-state index in [1.807, 2.05) is 30.3 Å². The van der Waals surface area contributed by atoms with Crippen LogP contribution in [0.5, 0.6) is 0 Å². The third-order valence-corrected chi connectivity index (χ3v) is 2.88. The van der Waals surface area contributed by atoms with E-state index < -0.39 is 30.2 Å². The highest BCUT2D eigenvalue weighted by atomic mass is 16.4. The van der Waals surface area contributed by atoms with Crippen molar-refractivity contribution < 1.29 is 24.6 Å². The van der Waals surface area contributed by atoms with Crippen molar-refractivity contribution in [2.75, 3.05) is 0 Å². The van der Waals surface area contributed by atoms with Gasteiger partial charge in [0.15, 0.2) is 0 Å². The lowest BCUT2D eigenvalue weighted by atomic mass is 10.0. The molecule has 108 valence electrons. The third-order valence-electron chi connectivity index (χ3n) is 2.88. The molecule has 0 aliphatic heterocycles. The summed E-state index contributed by atoms with van der Waals surface area (Å²) in [6.45, 7) is 1.78. The summed E-state index contributed by atoms with van der Waals surface area (Å²) >= 11 is 0. The molecule has 0 heterocycles. The van der Waals surface area contributed by atoms with Crippen molar-refractivity contribution >= 4 is 17.8 Å². The number of amides is 1. The average Bonchev–Trinajstić information content (AvgIpc) is 2.38. The van der Waals surface area contributed by atoms with Crippen LogP contribution in [0.3, 0.4) is 0 Å². The summed E-state index contributed by atoms with van der Waals surface area (Å²) in [5.74, 6) is -4.21. The van der Waals surface area contributed by atoms with Crippen LogP contribution in [0, 0.1) is 5.92 Å². The number of benzene rings is 1. The number of carbonyl (C=O) groups is 3. The Bertz CT molecular complexity index is 486. The van der Waals surface area contributed by atoms with E-state index in [0.717, 1.165) is 5.56 Å². The maximum absolute atomic E-state index is 11.8. The largest absolute Gasteiger partial charge is 0.481 e. The molecule has 0 aromatic heterocycles. The lowest BCUT2D eigenvalue weighted by molar-refractivity contribution is -0.149. The Morgan fingerprint density at radius 1 is 1.10 bits per heavy atom. The SMILES string of the molecule is CC(NC(=O)CC(CC(=O)O)C(=O)O)c1ccccc1. The second-order valence-electron chi connectivity index (χ2n) is 4.54. The molecule has 0 bridgehead atoms. The maximum Gasteiger partial charge on any atom is 0.307 e. The highest BCUT2D eigenvalue weighted by Crippen LogP contribution is 2.14. The number of rotatable bonds is 7. The molecule has 0 spiro atoms. The fraction of sp³-hybridized carbons (Fsp3) is 0.357. The Morgan fingerprint density at radius 3 is 2.20 bits per heavy atom. The zero-order valence-corrected chi connectivity index (χ0v) is 11.1. The number of carboxylic acids is 2. The van der Waals surface area contributed by atoms with Crippen LogP contribution in [0.4, 0.5) is 0 Å². The summed E-state index contributed by atoms with van der Waals surface area (Å²) in [6.07, 6.45) is -0.915. The van der Waals surface area contributed by atoms with Crippen LogP contribution in [0.2, 0.25) is 0 Å². The minimum absolute atomic E-state index is 0.261. The highest BCUT2D eigenvalue weighted by Gasteiger charge is 2.24. The molecule has 0 radical (unpaired) electrons. The number of carboxylic acid groups (broad SMARTS) is 2. The summed E-state index contributed by atoms with van der Waals surface area (Å²) in [5.41, 5.74) is 0.894. The van der Waals surface area contributed by atoms with Gasteiger partial charge in [-0.3, -0.25) is 14.4 Å². The van der Waals surface area contributed by atoms with Gasteiger partial charge >= 0.3 is 11.9 Å². The Balaban J connectivity index is 2.57. The van der Waals surface area contributed by atoms with E-state index in [0.29, 0.717) is 0 Å². The molecule has 3 N–H and O–H groups in total. The van der Waals surface area contributed by atoms with Gasteiger partial charge in [0, 0.05) is 6.42 Å². The molecule has 2 unspecified atom stereocenters. The van der Waals surface area contributed by atoms with Crippen molar-refractivity contribution in [3.63, 3.8) is 0 Å². The molecule has 0 aliphatic rings. The molecule has 0 saturated heterocycles. The van der Waals surface area contributed by atoms with Crippen LogP contribution >= 0.6 is 0 Å². The van der Waals surface area contributed by atoms with Gasteiger partial charge in [-0.25, -0.2) is 0 Å². The quantitative estimate of drug-likeness (QED) is 0.700. The first kappa shape index (κ1) is 15.7. The minimum Gasteiger partial charge on any atom is -0.481 e. The molecule has 1 amide bonds. The van der Waals surface area contributed by atoms with E-state index >= 15 is 0 Å². The van der Waals surface area contributed by atoms with Gasteiger partial charge in [0.1, 0.15) is 0 Å². The minimum atomic E-state index is -1.28. The molecule has 1 aromatic rings. The van der Waals surface area contributed by atoms with E-state index in [1.165, 1.54) is 0 Å². The Hall–Kier alpha value is -2.37. The monoisotopic (exact) mass is 279 g/mol. The second-order valence-corrected chi connectivity index (χ2v) is 4.54. The molecule has 6 nitrogen and oxygen atoms in total. The van der Waals surface area contributed by atoms with Gasteiger partial charge in [-0.15, -0.1) is 0 Å². The van der Waals surface area contributed by atoms with Crippen molar-refractivity contribution in [3.8, 4) is 0 Å². The molecule has 1 rings (SSSR count). The molecule has 2 atom stereocenters. The van der Waals surface area contributed by atoms with Gasteiger partial charge < -0.3 is 15.5 Å². The Kier molecular flexibility index (Phi) is 5.71. The van der Waals surface area contributed by atoms with E-state index in [9.17, 15) is 14.4 Å². The first-order valence-electron chi connectivity index (χ1n) is 6.19.